The lowest BCUT2D eigenvalue weighted by Crippen LogP contribution is -2.38. The summed E-state index contributed by atoms with van der Waals surface area (Å²) in [4.78, 5) is 10.3. The van der Waals surface area contributed by atoms with E-state index in [1.165, 1.54) is 0 Å². The van der Waals surface area contributed by atoms with Crippen molar-refractivity contribution in [3.63, 3.8) is 0 Å². The maximum atomic E-state index is 13.1. The SMILES string of the molecule is O=C(O)c1c(F)c(F)c(F)c(B(O)O)c1F. The maximum Gasteiger partial charge on any atom is 0.494 e. The van der Waals surface area contributed by atoms with E-state index in [-0.39, 0.29) is 0 Å². The van der Waals surface area contributed by atoms with Crippen LogP contribution in [0, 0.1) is 23.3 Å². The first-order valence-electron chi connectivity index (χ1n) is 3.74. The van der Waals surface area contributed by atoms with Crippen molar-refractivity contribution in [2.45, 2.75) is 0 Å². The zero-order chi connectivity index (χ0) is 12.6. The molecule has 1 rings (SSSR count). The van der Waals surface area contributed by atoms with Gasteiger partial charge in [0.05, 0.1) is 5.46 Å². The van der Waals surface area contributed by atoms with Crippen molar-refractivity contribution in [2.24, 2.45) is 0 Å². The van der Waals surface area contributed by atoms with Crippen LogP contribution in [0.1, 0.15) is 10.4 Å². The fraction of sp³-hybridized carbons (Fsp3) is 0. The lowest BCUT2D eigenvalue weighted by Gasteiger charge is -2.08. The summed E-state index contributed by atoms with van der Waals surface area (Å²) in [6.07, 6.45) is 0. The van der Waals surface area contributed by atoms with Crippen molar-refractivity contribution in [3.8, 4) is 0 Å². The molecule has 0 amide bonds. The second-order valence-corrected chi connectivity index (χ2v) is 2.72. The van der Waals surface area contributed by atoms with Crippen LogP contribution >= 0.6 is 0 Å². The molecule has 0 unspecified atom stereocenters. The molecule has 0 heterocycles. The molecule has 0 bridgehead atoms. The van der Waals surface area contributed by atoms with Gasteiger partial charge in [0, 0.05) is 0 Å². The molecule has 4 nitrogen and oxygen atoms in total. The Labute approximate surface area is 85.9 Å². The van der Waals surface area contributed by atoms with E-state index in [0.29, 0.717) is 0 Å². The molecule has 0 saturated carbocycles. The highest BCUT2D eigenvalue weighted by Gasteiger charge is 2.33. The van der Waals surface area contributed by atoms with Gasteiger partial charge >= 0.3 is 13.1 Å². The molecular weight excluding hydrogens is 235 g/mol. The van der Waals surface area contributed by atoms with Crippen LogP contribution in [0.25, 0.3) is 0 Å². The fourth-order valence-electron chi connectivity index (χ4n) is 1.07. The van der Waals surface area contributed by atoms with E-state index in [9.17, 15) is 22.4 Å². The largest absolute Gasteiger partial charge is 0.494 e. The van der Waals surface area contributed by atoms with Crippen molar-refractivity contribution < 1.29 is 37.5 Å². The lowest BCUT2D eigenvalue weighted by molar-refractivity contribution is 0.0685. The van der Waals surface area contributed by atoms with E-state index in [2.05, 4.69) is 0 Å². The van der Waals surface area contributed by atoms with E-state index in [4.69, 9.17) is 15.2 Å². The fourth-order valence-corrected chi connectivity index (χ4v) is 1.07. The minimum Gasteiger partial charge on any atom is -0.477 e. The van der Waals surface area contributed by atoms with Crippen molar-refractivity contribution in [1.82, 2.24) is 0 Å². The summed E-state index contributed by atoms with van der Waals surface area (Å²) in [5, 5.41) is 25.3. The Balaban J connectivity index is 3.73. The van der Waals surface area contributed by atoms with Gasteiger partial charge in [-0.1, -0.05) is 0 Å². The van der Waals surface area contributed by atoms with Crippen molar-refractivity contribution >= 4 is 18.6 Å². The molecule has 0 saturated heterocycles. The highest BCUT2D eigenvalue weighted by Crippen LogP contribution is 2.17. The Morgan fingerprint density at radius 1 is 0.938 bits per heavy atom. The quantitative estimate of drug-likeness (QED) is 0.284. The number of carboxylic acids is 1. The summed E-state index contributed by atoms with van der Waals surface area (Å²) in [5.41, 5.74) is -3.45. The molecule has 0 fully saturated rings. The molecule has 1 aromatic rings. The minimum atomic E-state index is -2.80. The van der Waals surface area contributed by atoms with E-state index < -0.39 is 47.4 Å². The third-order valence-corrected chi connectivity index (χ3v) is 1.77. The lowest BCUT2D eigenvalue weighted by atomic mass is 9.78. The van der Waals surface area contributed by atoms with Crippen LogP contribution in [-0.4, -0.2) is 28.2 Å². The second kappa shape index (κ2) is 4.10. The molecule has 9 heteroatoms. The molecule has 0 aliphatic rings. The Hall–Kier alpha value is -1.61. The molecule has 0 aliphatic carbocycles. The van der Waals surface area contributed by atoms with Crippen LogP contribution in [0.2, 0.25) is 0 Å². The number of halogens is 4. The van der Waals surface area contributed by atoms with E-state index in [1.807, 2.05) is 0 Å². The molecule has 86 valence electrons. The Morgan fingerprint density at radius 2 is 1.44 bits per heavy atom. The van der Waals surface area contributed by atoms with Gasteiger partial charge in [-0.15, -0.1) is 0 Å². The topological polar surface area (TPSA) is 77.8 Å². The Bertz CT molecular complexity index is 462. The van der Waals surface area contributed by atoms with Gasteiger partial charge in [0.1, 0.15) is 11.4 Å². The van der Waals surface area contributed by atoms with Gasteiger partial charge in [0.25, 0.3) is 0 Å². The van der Waals surface area contributed by atoms with Crippen LogP contribution in [0.3, 0.4) is 0 Å². The number of carbonyl (C=O) groups is 1. The smallest absolute Gasteiger partial charge is 0.477 e. The highest BCUT2D eigenvalue weighted by atomic mass is 19.2. The van der Waals surface area contributed by atoms with Crippen molar-refractivity contribution in [3.05, 3.63) is 28.8 Å². The third kappa shape index (κ3) is 1.74. The summed E-state index contributed by atoms with van der Waals surface area (Å²) in [6, 6.07) is 0. The zero-order valence-electron chi connectivity index (χ0n) is 7.34. The summed E-state index contributed by atoms with van der Waals surface area (Å²) < 4.78 is 51.5. The highest BCUT2D eigenvalue weighted by molar-refractivity contribution is 6.59. The summed E-state index contributed by atoms with van der Waals surface area (Å²) in [6.45, 7) is 0. The second-order valence-electron chi connectivity index (χ2n) is 2.72. The summed E-state index contributed by atoms with van der Waals surface area (Å²) in [7, 11) is -2.80. The molecule has 0 aromatic heterocycles. The average Bonchev–Trinajstić information content (AvgIpc) is 2.13. The molecular formula is C7H3BF4O4. The van der Waals surface area contributed by atoms with Gasteiger partial charge in [-0.3, -0.25) is 0 Å². The number of hydrogen-bond acceptors (Lipinski definition) is 3. The standard InChI is InChI=1S/C7H3BF4O4/c9-3-1(7(13)14)4(10)6(12)5(11)2(3)8(15)16/h15-16H,(H,13,14). The Kier molecular flexibility index (Phi) is 3.20. The van der Waals surface area contributed by atoms with Crippen LogP contribution in [0.5, 0.6) is 0 Å². The Morgan fingerprint density at radius 3 is 1.81 bits per heavy atom. The minimum absolute atomic E-state index is 1.66. The van der Waals surface area contributed by atoms with Crippen LogP contribution < -0.4 is 5.46 Å². The molecule has 1 aromatic carbocycles. The number of hydrogen-bond donors (Lipinski definition) is 3. The van der Waals surface area contributed by atoms with Gasteiger partial charge in [-0.25, -0.2) is 22.4 Å². The molecule has 0 spiro atoms. The molecule has 0 radical (unpaired) electrons. The van der Waals surface area contributed by atoms with Crippen LogP contribution in [0.15, 0.2) is 0 Å². The number of aromatic carboxylic acids is 1. The predicted octanol–water partition coefficient (Wildman–Crippen LogP) is -0.379. The van der Waals surface area contributed by atoms with Crippen molar-refractivity contribution in [1.29, 1.82) is 0 Å². The monoisotopic (exact) mass is 238 g/mol. The number of rotatable bonds is 2. The van der Waals surface area contributed by atoms with Gasteiger partial charge < -0.3 is 15.2 Å². The molecule has 3 N–H and O–H groups in total. The number of carboxylic acid groups (broad SMARTS) is 1. The van der Waals surface area contributed by atoms with Gasteiger partial charge in [-0.05, 0) is 0 Å². The van der Waals surface area contributed by atoms with Crippen molar-refractivity contribution in [2.75, 3.05) is 0 Å². The van der Waals surface area contributed by atoms with E-state index in [0.717, 1.165) is 0 Å². The van der Waals surface area contributed by atoms with Gasteiger partial charge in [-0.2, -0.15) is 0 Å². The first-order valence-corrected chi connectivity index (χ1v) is 3.74. The maximum absolute atomic E-state index is 13.1. The molecule has 0 aliphatic heterocycles. The first kappa shape index (κ1) is 12.5. The van der Waals surface area contributed by atoms with Gasteiger partial charge in [0.2, 0.25) is 0 Å². The first-order chi connectivity index (χ1) is 7.29. The third-order valence-electron chi connectivity index (χ3n) is 1.77. The number of benzene rings is 1. The molecule has 16 heavy (non-hydrogen) atoms. The zero-order valence-corrected chi connectivity index (χ0v) is 7.34. The van der Waals surface area contributed by atoms with Crippen LogP contribution in [-0.2, 0) is 0 Å². The van der Waals surface area contributed by atoms with Crippen LogP contribution in [0.4, 0.5) is 17.6 Å². The average molecular weight is 238 g/mol. The van der Waals surface area contributed by atoms with E-state index >= 15 is 0 Å². The predicted molar refractivity (Wildman–Crippen MR) is 43.1 cm³/mol. The normalized spacial score (nSPS) is 10.4. The van der Waals surface area contributed by atoms with Gasteiger partial charge in [0.15, 0.2) is 17.5 Å². The van der Waals surface area contributed by atoms with E-state index in [1.54, 1.807) is 0 Å². The summed E-state index contributed by atoms with van der Waals surface area (Å²) in [5.74, 6) is -11.0. The molecule has 0 atom stereocenters. The summed E-state index contributed by atoms with van der Waals surface area (Å²) >= 11 is 0.